The van der Waals surface area contributed by atoms with Crippen molar-refractivity contribution in [2.45, 2.75) is 24.9 Å². The van der Waals surface area contributed by atoms with E-state index in [1.165, 1.54) is 5.56 Å². The highest BCUT2D eigenvalue weighted by atomic mass is 16.5. The van der Waals surface area contributed by atoms with Crippen molar-refractivity contribution in [3.63, 3.8) is 0 Å². The van der Waals surface area contributed by atoms with Gasteiger partial charge in [0.25, 0.3) is 0 Å². The number of aliphatic hydroxyl groups is 1. The van der Waals surface area contributed by atoms with Crippen LogP contribution in [0.3, 0.4) is 0 Å². The summed E-state index contributed by atoms with van der Waals surface area (Å²) in [6.45, 7) is 0.719. The van der Waals surface area contributed by atoms with E-state index in [1.807, 2.05) is 36.4 Å². The maximum absolute atomic E-state index is 10.3. The number of benzene rings is 1. The average Bonchev–Trinajstić information content (AvgIpc) is 2.48. The fraction of sp³-hybridized carbons (Fsp3) is 0.312. The summed E-state index contributed by atoms with van der Waals surface area (Å²) in [5.41, 5.74) is 1.94. The summed E-state index contributed by atoms with van der Waals surface area (Å²) in [6.07, 6.45) is 2.84. The van der Waals surface area contributed by atoms with Gasteiger partial charge in [-0.05, 0) is 42.5 Å². The zero-order valence-corrected chi connectivity index (χ0v) is 10.7. The van der Waals surface area contributed by atoms with Gasteiger partial charge in [-0.1, -0.05) is 24.3 Å². The van der Waals surface area contributed by atoms with Crippen molar-refractivity contribution < 1.29 is 9.84 Å². The Morgan fingerprint density at radius 1 is 1.21 bits per heavy atom. The molecular weight excluding hydrogens is 238 g/mol. The van der Waals surface area contributed by atoms with E-state index in [9.17, 15) is 5.11 Å². The summed E-state index contributed by atoms with van der Waals surface area (Å²) >= 11 is 0. The lowest BCUT2D eigenvalue weighted by molar-refractivity contribution is 0.141. The van der Waals surface area contributed by atoms with Gasteiger partial charge in [-0.3, -0.25) is 4.98 Å². The van der Waals surface area contributed by atoms with Crippen LogP contribution in [0.1, 0.15) is 36.1 Å². The van der Waals surface area contributed by atoms with Gasteiger partial charge in [0.2, 0.25) is 0 Å². The number of aliphatic hydroxyl groups excluding tert-OH is 1. The van der Waals surface area contributed by atoms with Crippen molar-refractivity contribution in [3.8, 4) is 5.75 Å². The Kier molecular flexibility index (Phi) is 3.47. The van der Waals surface area contributed by atoms with Crippen LogP contribution in [0.5, 0.6) is 5.75 Å². The fourth-order valence-electron chi connectivity index (χ4n) is 2.62. The van der Waals surface area contributed by atoms with Crippen molar-refractivity contribution >= 4 is 0 Å². The predicted molar refractivity (Wildman–Crippen MR) is 73.1 cm³/mol. The largest absolute Gasteiger partial charge is 0.493 e. The van der Waals surface area contributed by atoms with E-state index < -0.39 is 6.10 Å². The van der Waals surface area contributed by atoms with Gasteiger partial charge in [0, 0.05) is 6.20 Å². The van der Waals surface area contributed by atoms with Crippen LogP contribution in [-0.2, 0) is 0 Å². The van der Waals surface area contributed by atoms with Gasteiger partial charge in [0.05, 0.1) is 18.4 Å². The first-order valence-corrected chi connectivity index (χ1v) is 6.65. The van der Waals surface area contributed by atoms with Crippen LogP contribution in [0.4, 0.5) is 0 Å². The highest BCUT2D eigenvalue weighted by Gasteiger charge is 2.24. The summed E-state index contributed by atoms with van der Waals surface area (Å²) in [6, 6.07) is 13.7. The Morgan fingerprint density at radius 2 is 2.05 bits per heavy atom. The summed E-state index contributed by atoms with van der Waals surface area (Å²) in [5, 5.41) is 10.3. The van der Waals surface area contributed by atoms with Gasteiger partial charge in [0.1, 0.15) is 5.75 Å². The van der Waals surface area contributed by atoms with Gasteiger partial charge in [-0.15, -0.1) is 0 Å². The first-order chi connectivity index (χ1) is 9.34. The maximum Gasteiger partial charge on any atom is 0.122 e. The van der Waals surface area contributed by atoms with Crippen molar-refractivity contribution in [1.29, 1.82) is 0 Å². The lowest BCUT2D eigenvalue weighted by atomic mass is 9.87. The molecule has 0 bridgehead atoms. The highest BCUT2D eigenvalue weighted by molar-refractivity contribution is 5.37. The number of aromatic nitrogens is 1. The molecular formula is C16H17NO2. The molecule has 98 valence electrons. The standard InChI is InChI=1S/C16H17NO2/c18-15(14-6-3-4-9-17-14)11-12-8-10-19-16-7-2-1-5-13(12)16/h1-7,9,12,15,18H,8,10-11H2. The van der Waals surface area contributed by atoms with Crippen molar-refractivity contribution in [2.24, 2.45) is 0 Å². The van der Waals surface area contributed by atoms with E-state index in [0.29, 0.717) is 12.3 Å². The Balaban J connectivity index is 1.78. The van der Waals surface area contributed by atoms with Gasteiger partial charge in [-0.25, -0.2) is 0 Å². The van der Waals surface area contributed by atoms with E-state index in [1.54, 1.807) is 6.20 Å². The third-order valence-electron chi connectivity index (χ3n) is 3.62. The lowest BCUT2D eigenvalue weighted by Crippen LogP contribution is -2.16. The molecule has 0 saturated carbocycles. The average molecular weight is 255 g/mol. The summed E-state index contributed by atoms with van der Waals surface area (Å²) in [7, 11) is 0. The summed E-state index contributed by atoms with van der Waals surface area (Å²) in [4.78, 5) is 4.22. The third-order valence-corrected chi connectivity index (χ3v) is 3.62. The molecule has 0 amide bonds. The van der Waals surface area contributed by atoms with Crippen LogP contribution in [0.25, 0.3) is 0 Å². The fourth-order valence-corrected chi connectivity index (χ4v) is 2.62. The molecule has 2 heterocycles. The highest BCUT2D eigenvalue weighted by Crippen LogP contribution is 2.38. The molecule has 2 atom stereocenters. The normalized spacial score (nSPS) is 19.3. The second-order valence-electron chi connectivity index (χ2n) is 4.88. The lowest BCUT2D eigenvalue weighted by Gasteiger charge is -2.27. The molecule has 19 heavy (non-hydrogen) atoms. The van der Waals surface area contributed by atoms with Crippen LogP contribution in [0.15, 0.2) is 48.7 Å². The number of hydrogen-bond acceptors (Lipinski definition) is 3. The van der Waals surface area contributed by atoms with Gasteiger partial charge >= 0.3 is 0 Å². The molecule has 0 spiro atoms. The summed E-state index contributed by atoms with van der Waals surface area (Å²) < 4.78 is 5.64. The molecule has 0 saturated heterocycles. The number of para-hydroxylation sites is 1. The van der Waals surface area contributed by atoms with Crippen molar-refractivity contribution in [2.75, 3.05) is 6.61 Å². The molecule has 3 nitrogen and oxygen atoms in total. The maximum atomic E-state index is 10.3. The second-order valence-corrected chi connectivity index (χ2v) is 4.88. The van der Waals surface area contributed by atoms with E-state index >= 15 is 0 Å². The molecule has 3 rings (SSSR count). The Labute approximate surface area is 112 Å². The molecule has 0 fully saturated rings. The number of pyridine rings is 1. The van der Waals surface area contributed by atoms with Gasteiger partial charge in [0.15, 0.2) is 0 Å². The molecule has 1 aromatic carbocycles. The van der Waals surface area contributed by atoms with Crippen LogP contribution in [0, 0.1) is 0 Å². The first-order valence-electron chi connectivity index (χ1n) is 6.65. The molecule has 0 radical (unpaired) electrons. The molecule has 1 aliphatic heterocycles. The molecule has 1 N–H and O–H groups in total. The van der Waals surface area contributed by atoms with E-state index in [0.717, 1.165) is 24.5 Å². The van der Waals surface area contributed by atoms with Crippen LogP contribution < -0.4 is 4.74 Å². The van der Waals surface area contributed by atoms with Crippen LogP contribution >= 0.6 is 0 Å². The SMILES string of the molecule is OC(CC1CCOc2ccccc21)c1ccccn1. The number of rotatable bonds is 3. The zero-order valence-electron chi connectivity index (χ0n) is 10.7. The minimum Gasteiger partial charge on any atom is -0.493 e. The summed E-state index contributed by atoms with van der Waals surface area (Å²) in [5.74, 6) is 1.29. The first kappa shape index (κ1) is 12.2. The third kappa shape index (κ3) is 2.61. The van der Waals surface area contributed by atoms with E-state index in [4.69, 9.17) is 4.74 Å². The number of hydrogen-bond donors (Lipinski definition) is 1. The molecule has 3 heteroatoms. The monoisotopic (exact) mass is 255 g/mol. The number of nitrogens with zero attached hydrogens (tertiary/aromatic N) is 1. The van der Waals surface area contributed by atoms with Gasteiger partial charge in [-0.2, -0.15) is 0 Å². The molecule has 1 aliphatic rings. The van der Waals surface area contributed by atoms with Crippen LogP contribution in [-0.4, -0.2) is 16.7 Å². The number of fused-ring (bicyclic) bond motifs is 1. The topological polar surface area (TPSA) is 42.4 Å². The Morgan fingerprint density at radius 3 is 2.89 bits per heavy atom. The molecule has 2 unspecified atom stereocenters. The smallest absolute Gasteiger partial charge is 0.122 e. The van der Waals surface area contributed by atoms with E-state index in [2.05, 4.69) is 11.1 Å². The van der Waals surface area contributed by atoms with Crippen molar-refractivity contribution in [1.82, 2.24) is 4.98 Å². The zero-order chi connectivity index (χ0) is 13.1. The molecule has 0 aliphatic carbocycles. The van der Waals surface area contributed by atoms with Crippen molar-refractivity contribution in [3.05, 3.63) is 59.9 Å². The van der Waals surface area contributed by atoms with E-state index in [-0.39, 0.29) is 0 Å². The second kappa shape index (κ2) is 5.41. The minimum atomic E-state index is -0.516. The number of ether oxygens (including phenoxy) is 1. The van der Waals surface area contributed by atoms with Crippen LogP contribution in [0.2, 0.25) is 0 Å². The Hall–Kier alpha value is -1.87. The Bertz CT molecular complexity index is 541. The molecule has 1 aromatic heterocycles. The quantitative estimate of drug-likeness (QED) is 0.916. The predicted octanol–water partition coefficient (Wildman–Crippen LogP) is 3.07. The minimum absolute atomic E-state index is 0.335. The van der Waals surface area contributed by atoms with Gasteiger partial charge < -0.3 is 9.84 Å². The molecule has 2 aromatic rings.